The minimum absolute atomic E-state index is 0.150. The molecule has 4 nitrogen and oxygen atoms in total. The lowest BCUT2D eigenvalue weighted by Gasteiger charge is -2.21. The predicted molar refractivity (Wildman–Crippen MR) is 68.9 cm³/mol. The molecule has 5 heteroatoms. The van der Waals surface area contributed by atoms with Gasteiger partial charge in [-0.25, -0.2) is 0 Å². The summed E-state index contributed by atoms with van der Waals surface area (Å²) < 4.78 is 10.8. The number of nitrogens with one attached hydrogen (secondary N) is 1. The van der Waals surface area contributed by atoms with Crippen LogP contribution in [0.1, 0.15) is 27.2 Å². The van der Waals surface area contributed by atoms with Crippen molar-refractivity contribution in [3.8, 4) is 0 Å². The monoisotopic (exact) mass is 248 g/mol. The highest BCUT2D eigenvalue weighted by Crippen LogP contribution is 1.98. The zero-order valence-electron chi connectivity index (χ0n) is 10.8. The molecule has 0 heterocycles. The molecular weight excluding hydrogens is 224 g/mol. The van der Waals surface area contributed by atoms with Crippen LogP contribution in [0.15, 0.2) is 0 Å². The van der Waals surface area contributed by atoms with Crippen molar-refractivity contribution < 1.29 is 9.00 Å². The molecule has 0 spiro atoms. The minimum atomic E-state index is -0.765. The lowest BCUT2D eigenvalue weighted by Crippen LogP contribution is -2.37. The Bertz CT molecular complexity index is 230. The smallest absolute Gasteiger partial charge is 0.224 e. The Hall–Kier alpha value is -0.420. The highest BCUT2D eigenvalue weighted by atomic mass is 32.2. The van der Waals surface area contributed by atoms with E-state index in [1.165, 1.54) is 0 Å². The summed E-state index contributed by atoms with van der Waals surface area (Å²) in [6.45, 7) is 8.19. The van der Waals surface area contributed by atoms with Gasteiger partial charge in [-0.05, 0) is 20.8 Å². The first kappa shape index (κ1) is 15.6. The number of amides is 1. The fourth-order valence-electron chi connectivity index (χ4n) is 1.49. The molecule has 96 valence electrons. The summed E-state index contributed by atoms with van der Waals surface area (Å²) in [5, 5.41) is 3.21. The standard InChI is InChI=1S/C11H24N2O2S/c1-5-13(6-2)11(14)9-10(3)12-7-8-16(4)15/h10,12H,5-9H2,1-4H3. The van der Waals surface area contributed by atoms with Gasteiger partial charge in [0.25, 0.3) is 0 Å². The van der Waals surface area contributed by atoms with Crippen molar-refractivity contribution in [1.29, 1.82) is 0 Å². The molecule has 2 unspecified atom stereocenters. The fourth-order valence-corrected chi connectivity index (χ4v) is 1.89. The second-order valence-electron chi connectivity index (χ2n) is 3.90. The molecule has 0 aliphatic carbocycles. The van der Waals surface area contributed by atoms with Gasteiger partial charge in [0.05, 0.1) is 0 Å². The molecule has 16 heavy (non-hydrogen) atoms. The first-order chi connectivity index (χ1) is 7.51. The maximum atomic E-state index is 11.7. The fraction of sp³-hybridized carbons (Fsp3) is 0.909. The van der Waals surface area contributed by atoms with Crippen molar-refractivity contribution >= 4 is 16.7 Å². The van der Waals surface area contributed by atoms with E-state index in [9.17, 15) is 9.00 Å². The number of hydrogen-bond donors (Lipinski definition) is 1. The zero-order chi connectivity index (χ0) is 12.6. The molecule has 1 amide bonds. The minimum Gasteiger partial charge on any atom is -0.343 e. The number of carbonyl (C=O) groups excluding carboxylic acids is 1. The average molecular weight is 248 g/mol. The van der Waals surface area contributed by atoms with Crippen molar-refractivity contribution in [2.24, 2.45) is 0 Å². The summed E-state index contributed by atoms with van der Waals surface area (Å²) in [5.74, 6) is 0.826. The van der Waals surface area contributed by atoms with Crippen LogP contribution in [0, 0.1) is 0 Å². The molecule has 0 aliphatic rings. The first-order valence-corrected chi connectivity index (χ1v) is 7.55. The second-order valence-corrected chi connectivity index (χ2v) is 5.46. The van der Waals surface area contributed by atoms with Gasteiger partial charge in [0, 0.05) is 54.9 Å². The van der Waals surface area contributed by atoms with Gasteiger partial charge < -0.3 is 10.2 Å². The number of nitrogens with zero attached hydrogens (tertiary/aromatic N) is 1. The van der Waals surface area contributed by atoms with Crippen molar-refractivity contribution in [2.45, 2.75) is 33.2 Å². The second kappa shape index (κ2) is 8.70. The van der Waals surface area contributed by atoms with E-state index in [-0.39, 0.29) is 11.9 Å². The Kier molecular flexibility index (Phi) is 8.47. The van der Waals surface area contributed by atoms with Crippen molar-refractivity contribution in [3.05, 3.63) is 0 Å². The van der Waals surface area contributed by atoms with Gasteiger partial charge in [-0.3, -0.25) is 9.00 Å². The van der Waals surface area contributed by atoms with E-state index in [1.807, 2.05) is 25.7 Å². The quantitative estimate of drug-likeness (QED) is 0.684. The van der Waals surface area contributed by atoms with E-state index >= 15 is 0 Å². The van der Waals surface area contributed by atoms with Gasteiger partial charge in [-0.15, -0.1) is 0 Å². The maximum absolute atomic E-state index is 11.7. The Morgan fingerprint density at radius 2 is 1.94 bits per heavy atom. The largest absolute Gasteiger partial charge is 0.343 e. The van der Waals surface area contributed by atoms with Crippen LogP contribution in [0.3, 0.4) is 0 Å². The Labute approximate surface area is 101 Å². The number of rotatable bonds is 8. The predicted octanol–water partition coefficient (Wildman–Crippen LogP) is 0.602. The Balaban J connectivity index is 3.81. The van der Waals surface area contributed by atoms with Crippen LogP contribution in [0.4, 0.5) is 0 Å². The van der Waals surface area contributed by atoms with E-state index in [0.717, 1.165) is 13.1 Å². The first-order valence-electron chi connectivity index (χ1n) is 5.82. The van der Waals surface area contributed by atoms with E-state index in [1.54, 1.807) is 6.26 Å². The van der Waals surface area contributed by atoms with E-state index in [4.69, 9.17) is 0 Å². The van der Waals surface area contributed by atoms with Gasteiger partial charge >= 0.3 is 0 Å². The summed E-state index contributed by atoms with van der Waals surface area (Å²) in [5.41, 5.74) is 0. The molecule has 0 rings (SSSR count). The molecule has 0 bridgehead atoms. The van der Waals surface area contributed by atoms with E-state index in [0.29, 0.717) is 18.7 Å². The molecular formula is C11H24N2O2S. The third-order valence-corrected chi connectivity index (χ3v) is 3.26. The lowest BCUT2D eigenvalue weighted by atomic mass is 10.2. The SMILES string of the molecule is CCN(CC)C(=O)CC(C)NCCS(C)=O. The summed E-state index contributed by atoms with van der Waals surface area (Å²) in [4.78, 5) is 13.6. The normalized spacial score (nSPS) is 14.5. The van der Waals surface area contributed by atoms with Crippen molar-refractivity contribution in [2.75, 3.05) is 31.6 Å². The van der Waals surface area contributed by atoms with Crippen molar-refractivity contribution in [3.63, 3.8) is 0 Å². The summed E-state index contributed by atoms with van der Waals surface area (Å²) in [6, 6.07) is 0.150. The maximum Gasteiger partial charge on any atom is 0.224 e. The molecule has 0 radical (unpaired) electrons. The molecule has 2 atom stereocenters. The van der Waals surface area contributed by atoms with Gasteiger partial charge in [0.15, 0.2) is 0 Å². The molecule has 0 aromatic rings. The highest BCUT2D eigenvalue weighted by Gasteiger charge is 2.13. The lowest BCUT2D eigenvalue weighted by molar-refractivity contribution is -0.131. The molecule has 1 N–H and O–H groups in total. The Morgan fingerprint density at radius 1 is 1.38 bits per heavy atom. The van der Waals surface area contributed by atoms with Crippen LogP contribution in [-0.4, -0.2) is 52.7 Å². The molecule has 0 aromatic heterocycles. The highest BCUT2D eigenvalue weighted by molar-refractivity contribution is 7.84. The third kappa shape index (κ3) is 6.95. The van der Waals surface area contributed by atoms with Crippen LogP contribution in [0.5, 0.6) is 0 Å². The summed E-state index contributed by atoms with van der Waals surface area (Å²) >= 11 is 0. The number of hydrogen-bond acceptors (Lipinski definition) is 3. The molecule has 0 saturated carbocycles. The van der Waals surface area contributed by atoms with Gasteiger partial charge in [0.2, 0.25) is 5.91 Å². The van der Waals surface area contributed by atoms with Gasteiger partial charge in [-0.2, -0.15) is 0 Å². The van der Waals surface area contributed by atoms with Crippen molar-refractivity contribution in [1.82, 2.24) is 10.2 Å². The van der Waals surface area contributed by atoms with Crippen LogP contribution in [-0.2, 0) is 15.6 Å². The molecule has 0 aromatic carbocycles. The van der Waals surface area contributed by atoms with Gasteiger partial charge in [0.1, 0.15) is 0 Å². The summed E-state index contributed by atoms with van der Waals surface area (Å²) in [6.07, 6.45) is 2.20. The zero-order valence-corrected chi connectivity index (χ0v) is 11.6. The molecule has 0 saturated heterocycles. The van der Waals surface area contributed by atoms with E-state index in [2.05, 4.69) is 5.32 Å². The summed E-state index contributed by atoms with van der Waals surface area (Å²) in [7, 11) is -0.765. The van der Waals surface area contributed by atoms with Crippen LogP contribution in [0.2, 0.25) is 0 Å². The molecule has 0 aliphatic heterocycles. The average Bonchev–Trinajstić information content (AvgIpc) is 2.18. The van der Waals surface area contributed by atoms with Gasteiger partial charge in [-0.1, -0.05) is 0 Å². The van der Waals surface area contributed by atoms with E-state index < -0.39 is 10.8 Å². The Morgan fingerprint density at radius 3 is 2.38 bits per heavy atom. The van der Waals surface area contributed by atoms with Crippen LogP contribution < -0.4 is 5.32 Å². The third-order valence-electron chi connectivity index (χ3n) is 2.48. The number of carbonyl (C=O) groups is 1. The topological polar surface area (TPSA) is 49.4 Å². The van der Waals surface area contributed by atoms with Crippen LogP contribution in [0.25, 0.3) is 0 Å². The van der Waals surface area contributed by atoms with Crippen LogP contribution >= 0.6 is 0 Å². The molecule has 0 fully saturated rings.